The van der Waals surface area contributed by atoms with Crippen LogP contribution in [0.25, 0.3) is 0 Å². The van der Waals surface area contributed by atoms with Gasteiger partial charge in [0.15, 0.2) is 35.4 Å². The van der Waals surface area contributed by atoms with Crippen LogP contribution in [-0.4, -0.2) is 89.8 Å². The van der Waals surface area contributed by atoms with Crippen molar-refractivity contribution in [3.63, 3.8) is 0 Å². The number of para-hydroxylation sites is 2. The van der Waals surface area contributed by atoms with E-state index in [0.717, 1.165) is 5.56 Å². The Kier molecular flexibility index (Phi) is 10.8. The van der Waals surface area contributed by atoms with Gasteiger partial charge in [-0.05, 0) is 35.4 Å². The minimum absolute atomic E-state index is 0.323. The molecule has 7 atom stereocenters. The highest BCUT2D eigenvalue weighted by atomic mass is 16.7. The number of hydrogen-bond donors (Lipinski definition) is 5. The fourth-order valence-corrected chi connectivity index (χ4v) is 4.40. The van der Waals surface area contributed by atoms with Crippen molar-refractivity contribution in [1.82, 2.24) is 0 Å². The third-order valence-electron chi connectivity index (χ3n) is 6.74. The maximum Gasteiger partial charge on any atom is 0.186 e. The normalized spacial score (nSPS) is 23.8. The third-order valence-corrected chi connectivity index (χ3v) is 6.74. The van der Waals surface area contributed by atoms with Gasteiger partial charge in [0.2, 0.25) is 0 Å². The van der Waals surface area contributed by atoms with E-state index in [0.29, 0.717) is 35.2 Å². The quantitative estimate of drug-likeness (QED) is 0.203. The molecule has 3 aromatic carbocycles. The lowest BCUT2D eigenvalue weighted by atomic mass is 9.99. The molecule has 0 aromatic heterocycles. The van der Waals surface area contributed by atoms with Crippen LogP contribution in [-0.2, 0) is 16.1 Å². The van der Waals surface area contributed by atoms with Gasteiger partial charge in [0.05, 0.1) is 27.4 Å². The fraction of sp³-hybridized carbons (Fsp3) is 0.400. The number of aliphatic hydroxyl groups is 5. The van der Waals surface area contributed by atoms with E-state index in [4.69, 9.17) is 28.4 Å². The molecule has 0 spiro atoms. The van der Waals surface area contributed by atoms with Crippen molar-refractivity contribution in [2.45, 2.75) is 49.5 Å². The van der Waals surface area contributed by atoms with Gasteiger partial charge < -0.3 is 54.0 Å². The van der Waals surface area contributed by atoms with Crippen molar-refractivity contribution < 1.29 is 54.0 Å². The molecule has 0 amide bonds. The predicted octanol–water partition coefficient (Wildman–Crippen LogP) is 1.58. The molecule has 1 fully saturated rings. The number of aliphatic hydroxyl groups excluding tert-OH is 5. The molecule has 0 unspecified atom stereocenters. The smallest absolute Gasteiger partial charge is 0.186 e. The molecule has 0 saturated carbocycles. The number of benzene rings is 3. The Morgan fingerprint density at radius 3 is 2.15 bits per heavy atom. The lowest BCUT2D eigenvalue weighted by Gasteiger charge is -2.40. The lowest BCUT2D eigenvalue weighted by molar-refractivity contribution is -0.305. The average Bonchev–Trinajstić information content (AvgIpc) is 3.01. The summed E-state index contributed by atoms with van der Waals surface area (Å²) in [5, 5.41) is 51.5. The Bertz CT molecular complexity index is 1220. The zero-order valence-electron chi connectivity index (χ0n) is 22.8. The van der Waals surface area contributed by atoms with Gasteiger partial charge in [0.25, 0.3) is 0 Å². The molecule has 0 aliphatic carbocycles. The summed E-state index contributed by atoms with van der Waals surface area (Å²) in [5.74, 6) is 1.61. The van der Waals surface area contributed by atoms with Crippen LogP contribution in [0.15, 0.2) is 72.8 Å². The van der Waals surface area contributed by atoms with Gasteiger partial charge in [-0.3, -0.25) is 0 Å². The van der Waals surface area contributed by atoms with E-state index in [1.54, 1.807) is 42.5 Å². The SMILES string of the molecule is COc1cc([C@@H](O)[C@H](CO[C@@H]2O[C@H](CO)[C@@H](O)[C@H](O)[C@H]2O)Oc2ccccc2OC)ccc1OCc1ccccc1. The second kappa shape index (κ2) is 14.5. The molecule has 11 nitrogen and oxygen atoms in total. The molecule has 3 aromatic rings. The third kappa shape index (κ3) is 7.46. The predicted molar refractivity (Wildman–Crippen MR) is 146 cm³/mol. The van der Waals surface area contributed by atoms with Crippen LogP contribution in [0.2, 0.25) is 0 Å². The Morgan fingerprint density at radius 2 is 1.46 bits per heavy atom. The van der Waals surface area contributed by atoms with Crippen LogP contribution in [0, 0.1) is 0 Å². The maximum atomic E-state index is 11.4. The minimum Gasteiger partial charge on any atom is -0.493 e. The summed E-state index contributed by atoms with van der Waals surface area (Å²) < 4.78 is 34.1. The Balaban J connectivity index is 1.55. The second-order valence-corrected chi connectivity index (χ2v) is 9.47. The van der Waals surface area contributed by atoms with Crippen LogP contribution in [0.5, 0.6) is 23.0 Å². The first kappa shape index (κ1) is 30.5. The van der Waals surface area contributed by atoms with E-state index in [-0.39, 0.29) is 6.61 Å². The Hall–Kier alpha value is -3.42. The summed E-state index contributed by atoms with van der Waals surface area (Å²) >= 11 is 0. The zero-order chi connectivity index (χ0) is 29.4. The van der Waals surface area contributed by atoms with E-state index in [9.17, 15) is 25.5 Å². The van der Waals surface area contributed by atoms with Crippen molar-refractivity contribution in [2.24, 2.45) is 0 Å². The molecule has 41 heavy (non-hydrogen) atoms. The number of hydrogen-bond acceptors (Lipinski definition) is 11. The van der Waals surface area contributed by atoms with Gasteiger partial charge in [0.1, 0.15) is 37.1 Å². The van der Waals surface area contributed by atoms with E-state index >= 15 is 0 Å². The van der Waals surface area contributed by atoms with Gasteiger partial charge in [-0.15, -0.1) is 0 Å². The van der Waals surface area contributed by atoms with Crippen molar-refractivity contribution in [2.75, 3.05) is 27.4 Å². The van der Waals surface area contributed by atoms with E-state index in [1.807, 2.05) is 30.3 Å². The molecule has 1 heterocycles. The Morgan fingerprint density at radius 1 is 0.780 bits per heavy atom. The first-order valence-corrected chi connectivity index (χ1v) is 13.1. The first-order chi connectivity index (χ1) is 19.9. The monoisotopic (exact) mass is 572 g/mol. The summed E-state index contributed by atoms with van der Waals surface area (Å²) in [7, 11) is 2.98. The maximum absolute atomic E-state index is 11.4. The molecule has 0 bridgehead atoms. The Labute approximate surface area is 238 Å². The van der Waals surface area contributed by atoms with Gasteiger partial charge in [-0.1, -0.05) is 48.5 Å². The van der Waals surface area contributed by atoms with Crippen molar-refractivity contribution in [3.05, 3.63) is 83.9 Å². The minimum atomic E-state index is -1.61. The molecular formula is C30H36O11. The number of ether oxygens (including phenoxy) is 6. The average molecular weight is 573 g/mol. The molecule has 4 rings (SSSR count). The first-order valence-electron chi connectivity index (χ1n) is 13.1. The van der Waals surface area contributed by atoms with Gasteiger partial charge in [0, 0.05) is 0 Å². The largest absolute Gasteiger partial charge is 0.493 e. The second-order valence-electron chi connectivity index (χ2n) is 9.47. The van der Waals surface area contributed by atoms with E-state index in [1.165, 1.54) is 14.2 Å². The molecule has 11 heteroatoms. The molecule has 0 radical (unpaired) electrons. The highest BCUT2D eigenvalue weighted by Crippen LogP contribution is 2.35. The molecule has 1 aliphatic rings. The molecule has 5 N–H and O–H groups in total. The van der Waals surface area contributed by atoms with Crippen molar-refractivity contribution in [3.8, 4) is 23.0 Å². The molecule has 1 aliphatic heterocycles. The molecule has 222 valence electrons. The topological polar surface area (TPSA) is 157 Å². The van der Waals surface area contributed by atoms with Gasteiger partial charge in [-0.2, -0.15) is 0 Å². The lowest BCUT2D eigenvalue weighted by Crippen LogP contribution is -2.59. The summed E-state index contributed by atoms with van der Waals surface area (Å²) in [6.45, 7) is -0.602. The molecular weight excluding hydrogens is 536 g/mol. The standard InChI is InChI=1S/C30H36O11/c1-36-20-10-6-7-11-22(20)40-25(17-39-30-29(35)28(34)27(33)24(15-31)41-30)26(32)19-12-13-21(23(14-19)37-2)38-16-18-8-4-3-5-9-18/h3-14,24-35H,15-17H2,1-2H3/t24-,25+,26-,27-,28+,29-,30-/m1/s1. The fourth-order valence-electron chi connectivity index (χ4n) is 4.40. The summed E-state index contributed by atoms with van der Waals surface area (Å²) in [6.07, 6.45) is -9.66. The summed E-state index contributed by atoms with van der Waals surface area (Å²) in [4.78, 5) is 0. The number of methoxy groups -OCH3 is 2. The van der Waals surface area contributed by atoms with Crippen LogP contribution in [0.4, 0.5) is 0 Å². The highest BCUT2D eigenvalue weighted by molar-refractivity contribution is 5.44. The van der Waals surface area contributed by atoms with Crippen molar-refractivity contribution >= 4 is 0 Å². The molecule has 1 saturated heterocycles. The summed E-state index contributed by atoms with van der Waals surface area (Å²) in [6, 6.07) is 21.5. The number of rotatable bonds is 13. The zero-order valence-corrected chi connectivity index (χ0v) is 22.8. The van der Waals surface area contributed by atoms with Gasteiger partial charge in [-0.25, -0.2) is 0 Å². The van der Waals surface area contributed by atoms with Gasteiger partial charge >= 0.3 is 0 Å². The van der Waals surface area contributed by atoms with E-state index < -0.39 is 49.5 Å². The van der Waals surface area contributed by atoms with E-state index in [2.05, 4.69) is 0 Å². The van der Waals surface area contributed by atoms with Crippen LogP contribution < -0.4 is 18.9 Å². The van der Waals surface area contributed by atoms with Crippen LogP contribution >= 0.6 is 0 Å². The summed E-state index contributed by atoms with van der Waals surface area (Å²) in [5.41, 5.74) is 1.40. The highest BCUT2D eigenvalue weighted by Gasteiger charge is 2.44. The van der Waals surface area contributed by atoms with Crippen molar-refractivity contribution in [1.29, 1.82) is 0 Å². The van der Waals surface area contributed by atoms with Crippen LogP contribution in [0.3, 0.4) is 0 Å². The van der Waals surface area contributed by atoms with Crippen LogP contribution in [0.1, 0.15) is 17.2 Å².